The largest absolute Gasteiger partial charge is 0.366 e. The number of pyridine rings is 1. The van der Waals surface area contributed by atoms with E-state index in [1.807, 2.05) is 49.4 Å². The van der Waals surface area contributed by atoms with Crippen LogP contribution in [0.15, 0.2) is 53.3 Å². The maximum absolute atomic E-state index is 13.0. The molecule has 0 saturated carbocycles. The number of amides is 1. The van der Waals surface area contributed by atoms with Crippen molar-refractivity contribution in [3.8, 4) is 5.69 Å². The standard InChI is InChI=1S/C18H16N2O2/c1-11-7-6-10-14-15(11)18(22)20(12(2)16(14)17(19)21)13-8-4-3-5-9-13/h3-10H,1-2H3,(H2,19,21). The summed E-state index contributed by atoms with van der Waals surface area (Å²) >= 11 is 0. The number of primary amides is 1. The fourth-order valence-electron chi connectivity index (χ4n) is 2.93. The van der Waals surface area contributed by atoms with Crippen LogP contribution in [0.25, 0.3) is 16.5 Å². The van der Waals surface area contributed by atoms with Crippen molar-refractivity contribution >= 4 is 16.7 Å². The van der Waals surface area contributed by atoms with Crippen LogP contribution in [0.4, 0.5) is 0 Å². The maximum Gasteiger partial charge on any atom is 0.263 e. The first-order chi connectivity index (χ1) is 10.5. The summed E-state index contributed by atoms with van der Waals surface area (Å²) < 4.78 is 1.55. The highest BCUT2D eigenvalue weighted by Gasteiger charge is 2.19. The van der Waals surface area contributed by atoms with Crippen molar-refractivity contribution in [2.24, 2.45) is 5.73 Å². The molecule has 110 valence electrons. The Hall–Kier alpha value is -2.88. The first-order valence-corrected chi connectivity index (χ1v) is 7.02. The predicted octanol–water partition coefficient (Wildman–Crippen LogP) is 2.71. The summed E-state index contributed by atoms with van der Waals surface area (Å²) in [6, 6.07) is 14.7. The van der Waals surface area contributed by atoms with Gasteiger partial charge in [-0.05, 0) is 31.5 Å². The van der Waals surface area contributed by atoms with Gasteiger partial charge in [-0.3, -0.25) is 14.2 Å². The molecule has 0 aliphatic heterocycles. The van der Waals surface area contributed by atoms with Crippen molar-refractivity contribution in [2.45, 2.75) is 13.8 Å². The molecular weight excluding hydrogens is 276 g/mol. The molecule has 3 rings (SSSR count). The van der Waals surface area contributed by atoms with Gasteiger partial charge in [-0.25, -0.2) is 0 Å². The lowest BCUT2D eigenvalue weighted by molar-refractivity contribution is 0.100. The predicted molar refractivity (Wildman–Crippen MR) is 87.5 cm³/mol. The number of para-hydroxylation sites is 1. The lowest BCUT2D eigenvalue weighted by Crippen LogP contribution is -2.26. The molecule has 1 heterocycles. The molecule has 1 amide bonds. The van der Waals surface area contributed by atoms with Crippen molar-refractivity contribution in [3.05, 3.63) is 75.7 Å². The molecule has 4 heteroatoms. The van der Waals surface area contributed by atoms with Gasteiger partial charge in [0.25, 0.3) is 11.5 Å². The third kappa shape index (κ3) is 2.00. The van der Waals surface area contributed by atoms with Crippen molar-refractivity contribution in [1.29, 1.82) is 0 Å². The second-order valence-corrected chi connectivity index (χ2v) is 5.30. The summed E-state index contributed by atoms with van der Waals surface area (Å²) in [7, 11) is 0. The fraction of sp³-hybridized carbons (Fsp3) is 0.111. The van der Waals surface area contributed by atoms with Gasteiger partial charge < -0.3 is 5.73 Å². The second-order valence-electron chi connectivity index (χ2n) is 5.30. The van der Waals surface area contributed by atoms with Crippen LogP contribution >= 0.6 is 0 Å². The quantitative estimate of drug-likeness (QED) is 0.789. The Kier molecular flexibility index (Phi) is 3.29. The minimum absolute atomic E-state index is 0.137. The van der Waals surface area contributed by atoms with Crippen molar-refractivity contribution in [2.75, 3.05) is 0 Å². The van der Waals surface area contributed by atoms with Gasteiger partial charge in [-0.2, -0.15) is 0 Å². The number of carbonyl (C=O) groups is 1. The number of hydrogen-bond acceptors (Lipinski definition) is 2. The highest BCUT2D eigenvalue weighted by atomic mass is 16.1. The molecule has 0 aliphatic carbocycles. The van der Waals surface area contributed by atoms with Crippen LogP contribution in [-0.4, -0.2) is 10.5 Å². The molecule has 0 spiro atoms. The van der Waals surface area contributed by atoms with E-state index in [9.17, 15) is 9.59 Å². The molecule has 1 aromatic heterocycles. The zero-order chi connectivity index (χ0) is 15.9. The summed E-state index contributed by atoms with van der Waals surface area (Å²) in [6.07, 6.45) is 0. The van der Waals surface area contributed by atoms with Crippen LogP contribution in [0, 0.1) is 13.8 Å². The number of nitrogens with zero attached hydrogens (tertiary/aromatic N) is 1. The Bertz CT molecular complexity index is 941. The number of benzene rings is 2. The monoisotopic (exact) mass is 292 g/mol. The van der Waals surface area contributed by atoms with Gasteiger partial charge in [0.1, 0.15) is 0 Å². The zero-order valence-corrected chi connectivity index (χ0v) is 12.5. The van der Waals surface area contributed by atoms with E-state index in [4.69, 9.17) is 5.73 Å². The smallest absolute Gasteiger partial charge is 0.263 e. The maximum atomic E-state index is 13.0. The van der Waals surface area contributed by atoms with Gasteiger partial charge in [-0.15, -0.1) is 0 Å². The molecule has 22 heavy (non-hydrogen) atoms. The van der Waals surface area contributed by atoms with E-state index in [-0.39, 0.29) is 5.56 Å². The molecule has 4 nitrogen and oxygen atoms in total. The normalized spacial score (nSPS) is 10.8. The number of hydrogen-bond donors (Lipinski definition) is 1. The summed E-state index contributed by atoms with van der Waals surface area (Å²) in [5, 5.41) is 1.15. The second kappa shape index (κ2) is 5.15. The Labute approximate surface area is 127 Å². The highest BCUT2D eigenvalue weighted by molar-refractivity contribution is 6.07. The highest BCUT2D eigenvalue weighted by Crippen LogP contribution is 2.23. The van der Waals surface area contributed by atoms with Gasteiger partial charge in [0.05, 0.1) is 10.9 Å². The third-order valence-corrected chi connectivity index (χ3v) is 3.92. The molecule has 0 bridgehead atoms. The molecule has 0 unspecified atom stereocenters. The first-order valence-electron chi connectivity index (χ1n) is 7.02. The first kappa shape index (κ1) is 14.1. The molecule has 0 aliphatic rings. The Morgan fingerprint density at radius 1 is 1.00 bits per heavy atom. The summed E-state index contributed by atoms with van der Waals surface area (Å²) in [6.45, 7) is 3.61. The van der Waals surface area contributed by atoms with E-state index in [0.717, 1.165) is 11.3 Å². The molecule has 3 aromatic rings. The topological polar surface area (TPSA) is 65.1 Å². The van der Waals surface area contributed by atoms with Crippen molar-refractivity contribution in [1.82, 2.24) is 4.57 Å². The molecule has 2 aromatic carbocycles. The molecule has 0 radical (unpaired) electrons. The Balaban J connectivity index is 2.57. The number of carbonyl (C=O) groups excluding carboxylic acids is 1. The van der Waals surface area contributed by atoms with E-state index in [2.05, 4.69) is 0 Å². The molecular formula is C18H16N2O2. The average molecular weight is 292 g/mol. The number of rotatable bonds is 2. The fourth-order valence-corrected chi connectivity index (χ4v) is 2.93. The number of aromatic nitrogens is 1. The Morgan fingerprint density at radius 3 is 2.32 bits per heavy atom. The van der Waals surface area contributed by atoms with Gasteiger partial charge in [0.15, 0.2) is 0 Å². The number of nitrogens with two attached hydrogens (primary N) is 1. The van der Waals surface area contributed by atoms with Crippen LogP contribution in [0.3, 0.4) is 0 Å². The Morgan fingerprint density at radius 2 is 1.68 bits per heavy atom. The number of fused-ring (bicyclic) bond motifs is 1. The van der Waals surface area contributed by atoms with Gasteiger partial charge >= 0.3 is 0 Å². The van der Waals surface area contributed by atoms with Gasteiger partial charge in [0.2, 0.25) is 0 Å². The molecule has 0 atom stereocenters. The van der Waals surface area contributed by atoms with E-state index in [1.54, 1.807) is 17.6 Å². The van der Waals surface area contributed by atoms with Gasteiger partial charge in [0, 0.05) is 16.8 Å². The summed E-state index contributed by atoms with van der Waals surface area (Å²) in [4.78, 5) is 24.9. The van der Waals surface area contributed by atoms with E-state index < -0.39 is 5.91 Å². The van der Waals surface area contributed by atoms with Crippen LogP contribution in [0.5, 0.6) is 0 Å². The molecule has 2 N–H and O–H groups in total. The lowest BCUT2D eigenvalue weighted by atomic mass is 10.00. The molecule has 0 saturated heterocycles. The van der Waals surface area contributed by atoms with E-state index in [1.165, 1.54) is 0 Å². The van der Waals surface area contributed by atoms with E-state index in [0.29, 0.717) is 22.0 Å². The zero-order valence-electron chi connectivity index (χ0n) is 12.5. The average Bonchev–Trinajstić information content (AvgIpc) is 2.48. The number of aryl methyl sites for hydroxylation is 1. The van der Waals surface area contributed by atoms with Crippen molar-refractivity contribution < 1.29 is 4.79 Å². The van der Waals surface area contributed by atoms with Crippen LogP contribution in [-0.2, 0) is 0 Å². The summed E-state index contributed by atoms with van der Waals surface area (Å²) in [5.74, 6) is -0.530. The lowest BCUT2D eigenvalue weighted by Gasteiger charge is -2.16. The van der Waals surface area contributed by atoms with Crippen LogP contribution < -0.4 is 11.3 Å². The van der Waals surface area contributed by atoms with Crippen LogP contribution in [0.2, 0.25) is 0 Å². The van der Waals surface area contributed by atoms with Gasteiger partial charge in [-0.1, -0.05) is 36.4 Å². The minimum atomic E-state index is -0.530. The van der Waals surface area contributed by atoms with E-state index >= 15 is 0 Å². The SMILES string of the molecule is Cc1cccc2c(C(N)=O)c(C)n(-c3ccccc3)c(=O)c12. The minimum Gasteiger partial charge on any atom is -0.366 e. The third-order valence-electron chi connectivity index (χ3n) is 3.92. The molecule has 0 fully saturated rings. The van der Waals surface area contributed by atoms with Crippen molar-refractivity contribution in [3.63, 3.8) is 0 Å². The summed E-state index contributed by atoms with van der Waals surface area (Å²) in [5.41, 5.74) is 7.93. The van der Waals surface area contributed by atoms with Crippen LogP contribution in [0.1, 0.15) is 21.6 Å².